The molecule has 1 unspecified atom stereocenters. The number of imide groups is 1. The number of ketones is 1. The highest BCUT2D eigenvalue weighted by atomic mass is 16.5. The highest BCUT2D eigenvalue weighted by molar-refractivity contribution is 6.22. The second-order valence-corrected chi connectivity index (χ2v) is 7.56. The van der Waals surface area contributed by atoms with E-state index in [-0.39, 0.29) is 29.6 Å². The summed E-state index contributed by atoms with van der Waals surface area (Å²) in [6.45, 7) is -0.0937. The predicted octanol–water partition coefficient (Wildman–Crippen LogP) is 2.75. The molecule has 0 spiro atoms. The van der Waals surface area contributed by atoms with Crippen LogP contribution in [0.2, 0.25) is 0 Å². The summed E-state index contributed by atoms with van der Waals surface area (Å²) in [5, 5.41) is 3.02. The second-order valence-electron chi connectivity index (χ2n) is 7.56. The number of rotatable bonds is 9. The van der Waals surface area contributed by atoms with Gasteiger partial charge in [0.1, 0.15) is 11.5 Å². The molecule has 9 nitrogen and oxygen atoms in total. The molecular formula is C25H22N2O7. The van der Waals surface area contributed by atoms with Crippen molar-refractivity contribution < 1.29 is 33.1 Å². The van der Waals surface area contributed by atoms with Crippen molar-refractivity contribution in [2.75, 3.05) is 18.6 Å². The zero-order chi connectivity index (χ0) is 24.1. The van der Waals surface area contributed by atoms with Gasteiger partial charge in [0.2, 0.25) is 5.91 Å². The van der Waals surface area contributed by atoms with Crippen molar-refractivity contribution in [2.45, 2.75) is 19.0 Å². The first-order chi connectivity index (χ1) is 16.5. The number of carbonyl (C=O) groups excluding carboxylic acids is 4. The van der Waals surface area contributed by atoms with Gasteiger partial charge in [0.05, 0.1) is 43.6 Å². The molecule has 174 valence electrons. The summed E-state index contributed by atoms with van der Waals surface area (Å²) < 4.78 is 15.4. The fourth-order valence-corrected chi connectivity index (χ4v) is 3.52. The van der Waals surface area contributed by atoms with Gasteiger partial charge in [0.25, 0.3) is 5.91 Å². The van der Waals surface area contributed by atoms with Crippen LogP contribution in [0.3, 0.4) is 0 Å². The van der Waals surface area contributed by atoms with Crippen LogP contribution in [0.1, 0.15) is 32.9 Å². The van der Waals surface area contributed by atoms with Crippen LogP contribution in [0, 0.1) is 0 Å². The van der Waals surface area contributed by atoms with E-state index in [2.05, 4.69) is 5.32 Å². The van der Waals surface area contributed by atoms with Crippen molar-refractivity contribution in [1.29, 1.82) is 0 Å². The molecule has 2 aromatic carbocycles. The standard InChI is InChI=1S/C25H22N2O7/c1-32-19-10-6-16(7-11-19)22(28)15-34-25(31)17-4-8-18(9-5-17)27-23(29)13-21(24(27)30)26-14-20-3-2-12-33-20/h2-12,21,26H,13-15H2,1H3. The summed E-state index contributed by atoms with van der Waals surface area (Å²) >= 11 is 0. The second kappa shape index (κ2) is 10.1. The third-order valence-electron chi connectivity index (χ3n) is 5.36. The largest absolute Gasteiger partial charge is 0.497 e. The van der Waals surface area contributed by atoms with Gasteiger partial charge in [-0.1, -0.05) is 0 Å². The van der Waals surface area contributed by atoms with E-state index in [1.165, 1.54) is 37.6 Å². The lowest BCUT2D eigenvalue weighted by Crippen LogP contribution is -2.38. The van der Waals surface area contributed by atoms with Gasteiger partial charge in [-0.2, -0.15) is 0 Å². The van der Waals surface area contributed by atoms with E-state index in [4.69, 9.17) is 13.9 Å². The maximum atomic E-state index is 12.7. The fraction of sp³-hybridized carbons (Fsp3) is 0.200. The number of Topliss-reactive ketones (excluding diaryl/α,β-unsaturated/α-hetero) is 1. The maximum Gasteiger partial charge on any atom is 0.338 e. The molecule has 4 rings (SSSR count). The number of hydrogen-bond donors (Lipinski definition) is 1. The normalized spacial score (nSPS) is 15.4. The lowest BCUT2D eigenvalue weighted by molar-refractivity contribution is -0.121. The molecule has 1 saturated heterocycles. The number of esters is 1. The minimum Gasteiger partial charge on any atom is -0.497 e. The van der Waals surface area contributed by atoms with E-state index in [1.54, 1.807) is 36.4 Å². The molecule has 2 heterocycles. The van der Waals surface area contributed by atoms with Crippen molar-refractivity contribution in [1.82, 2.24) is 5.32 Å². The highest BCUT2D eigenvalue weighted by Gasteiger charge is 2.39. The molecule has 1 N–H and O–H groups in total. The molecule has 3 aromatic rings. The van der Waals surface area contributed by atoms with Crippen LogP contribution in [0.25, 0.3) is 0 Å². The molecule has 0 aliphatic carbocycles. The van der Waals surface area contributed by atoms with E-state index >= 15 is 0 Å². The van der Waals surface area contributed by atoms with E-state index in [0.29, 0.717) is 29.3 Å². The first-order valence-corrected chi connectivity index (χ1v) is 10.5. The van der Waals surface area contributed by atoms with Gasteiger partial charge < -0.3 is 13.9 Å². The number of amides is 2. The van der Waals surface area contributed by atoms with Crippen LogP contribution in [0.5, 0.6) is 5.75 Å². The van der Waals surface area contributed by atoms with Gasteiger partial charge in [-0.15, -0.1) is 0 Å². The fourth-order valence-electron chi connectivity index (χ4n) is 3.52. The number of hydrogen-bond acceptors (Lipinski definition) is 8. The first-order valence-electron chi connectivity index (χ1n) is 10.5. The van der Waals surface area contributed by atoms with Gasteiger partial charge in [0, 0.05) is 5.56 Å². The summed E-state index contributed by atoms with van der Waals surface area (Å²) in [7, 11) is 1.53. The smallest absolute Gasteiger partial charge is 0.338 e. The molecule has 0 saturated carbocycles. The topological polar surface area (TPSA) is 115 Å². The van der Waals surface area contributed by atoms with Crippen LogP contribution in [-0.4, -0.2) is 43.3 Å². The maximum absolute atomic E-state index is 12.7. The average molecular weight is 462 g/mol. The molecule has 2 amide bonds. The van der Waals surface area contributed by atoms with Gasteiger partial charge >= 0.3 is 5.97 Å². The summed E-state index contributed by atoms with van der Waals surface area (Å²) in [6, 6.07) is 15.2. The van der Waals surface area contributed by atoms with E-state index in [1.807, 2.05) is 0 Å². The van der Waals surface area contributed by atoms with Crippen molar-refractivity contribution >= 4 is 29.3 Å². The predicted molar refractivity (Wildman–Crippen MR) is 120 cm³/mol. The number of benzene rings is 2. The Morgan fingerprint density at radius 3 is 2.38 bits per heavy atom. The first kappa shape index (κ1) is 22.9. The van der Waals surface area contributed by atoms with Gasteiger partial charge in [-0.05, 0) is 60.7 Å². The van der Waals surface area contributed by atoms with Crippen LogP contribution >= 0.6 is 0 Å². The van der Waals surface area contributed by atoms with Crippen LogP contribution < -0.4 is 15.0 Å². The van der Waals surface area contributed by atoms with Crippen LogP contribution in [0.15, 0.2) is 71.3 Å². The van der Waals surface area contributed by atoms with Gasteiger partial charge in [-0.3, -0.25) is 19.7 Å². The Balaban J connectivity index is 1.33. The molecule has 9 heteroatoms. The molecule has 0 radical (unpaired) electrons. The van der Waals surface area contributed by atoms with Gasteiger partial charge in [0.15, 0.2) is 12.4 Å². The summed E-state index contributed by atoms with van der Waals surface area (Å²) in [5.41, 5.74) is 0.936. The van der Waals surface area contributed by atoms with E-state index in [9.17, 15) is 19.2 Å². The lowest BCUT2D eigenvalue weighted by Gasteiger charge is -2.15. The molecule has 1 aliphatic rings. The molecule has 1 fully saturated rings. The zero-order valence-corrected chi connectivity index (χ0v) is 18.4. The molecule has 0 bridgehead atoms. The summed E-state index contributed by atoms with van der Waals surface area (Å²) in [5.74, 6) is -0.492. The van der Waals surface area contributed by atoms with Gasteiger partial charge in [-0.25, -0.2) is 9.69 Å². The number of methoxy groups -OCH3 is 1. The van der Waals surface area contributed by atoms with E-state index < -0.39 is 18.6 Å². The number of carbonyl (C=O) groups is 4. The Kier molecular flexibility index (Phi) is 6.84. The molecule has 1 aromatic heterocycles. The average Bonchev–Trinajstić information content (AvgIpc) is 3.48. The third-order valence-corrected chi connectivity index (χ3v) is 5.36. The summed E-state index contributed by atoms with van der Waals surface area (Å²) in [6.07, 6.45) is 1.56. The van der Waals surface area contributed by atoms with Crippen molar-refractivity contribution in [2.24, 2.45) is 0 Å². The third kappa shape index (κ3) is 5.05. The molecular weight excluding hydrogens is 440 g/mol. The number of anilines is 1. The number of nitrogens with one attached hydrogen (secondary N) is 1. The number of furan rings is 1. The number of nitrogens with zero attached hydrogens (tertiary/aromatic N) is 1. The van der Waals surface area contributed by atoms with Crippen molar-refractivity contribution in [3.63, 3.8) is 0 Å². The van der Waals surface area contributed by atoms with Crippen LogP contribution in [0.4, 0.5) is 5.69 Å². The minimum absolute atomic E-state index is 0.0246. The summed E-state index contributed by atoms with van der Waals surface area (Å²) in [4.78, 5) is 50.8. The Bertz CT molecular complexity index is 1190. The SMILES string of the molecule is COc1ccc(C(=O)COC(=O)c2ccc(N3C(=O)CC(NCc4ccco4)C3=O)cc2)cc1. The van der Waals surface area contributed by atoms with Crippen molar-refractivity contribution in [3.8, 4) is 5.75 Å². The molecule has 34 heavy (non-hydrogen) atoms. The highest BCUT2D eigenvalue weighted by Crippen LogP contribution is 2.24. The Morgan fingerprint density at radius 2 is 1.74 bits per heavy atom. The van der Waals surface area contributed by atoms with E-state index in [0.717, 1.165) is 4.90 Å². The Hall–Kier alpha value is -4.24. The molecule has 1 atom stereocenters. The van der Waals surface area contributed by atoms with Crippen molar-refractivity contribution in [3.05, 3.63) is 83.8 Å². The Morgan fingerprint density at radius 1 is 1.03 bits per heavy atom. The zero-order valence-electron chi connectivity index (χ0n) is 18.4. The monoisotopic (exact) mass is 462 g/mol. The Labute approximate surface area is 195 Å². The number of ether oxygens (including phenoxy) is 2. The lowest BCUT2D eigenvalue weighted by atomic mass is 10.1. The quantitative estimate of drug-likeness (QED) is 0.293. The minimum atomic E-state index is -0.689. The molecule has 1 aliphatic heterocycles. The van der Waals surface area contributed by atoms with Crippen LogP contribution in [-0.2, 0) is 20.9 Å².